The molecule has 0 N–H and O–H groups in total. The molecule has 136 valence electrons. The van der Waals surface area contributed by atoms with E-state index in [0.717, 1.165) is 35.9 Å². The van der Waals surface area contributed by atoms with Crippen molar-refractivity contribution >= 4 is 39.2 Å². The molecule has 1 amide bonds. The van der Waals surface area contributed by atoms with Gasteiger partial charge in [-0.2, -0.15) is 0 Å². The first-order valence-electron chi connectivity index (χ1n) is 8.40. The molecule has 2 aromatic rings. The summed E-state index contributed by atoms with van der Waals surface area (Å²) in [5.74, 6) is 0.289. The van der Waals surface area contributed by atoms with Crippen molar-refractivity contribution in [3.05, 3.63) is 20.8 Å². The van der Waals surface area contributed by atoms with E-state index in [2.05, 4.69) is 0 Å². The second-order valence-corrected chi connectivity index (χ2v) is 8.34. The van der Waals surface area contributed by atoms with E-state index in [-0.39, 0.29) is 17.2 Å². The fourth-order valence-electron chi connectivity index (χ4n) is 2.99. The van der Waals surface area contributed by atoms with Crippen molar-refractivity contribution in [2.24, 2.45) is 0 Å². The molecule has 0 aromatic carbocycles. The largest absolute Gasteiger partial charge is 0.385 e. The third-order valence-corrected chi connectivity index (χ3v) is 6.49. The zero-order valence-corrected chi connectivity index (χ0v) is 16.5. The first kappa shape index (κ1) is 18.4. The van der Waals surface area contributed by atoms with Gasteiger partial charge in [-0.25, -0.2) is 4.98 Å². The Morgan fingerprint density at radius 2 is 2.20 bits per heavy atom. The predicted molar refractivity (Wildman–Crippen MR) is 102 cm³/mol. The average molecular weight is 382 g/mol. The first-order chi connectivity index (χ1) is 12.0. The summed E-state index contributed by atoms with van der Waals surface area (Å²) in [6.45, 7) is 1.14. The Balaban J connectivity index is 1.99. The monoisotopic (exact) mass is 381 g/mol. The van der Waals surface area contributed by atoms with Crippen molar-refractivity contribution in [1.29, 1.82) is 0 Å². The molecule has 2 heterocycles. The molecule has 0 unspecified atom stereocenters. The summed E-state index contributed by atoms with van der Waals surface area (Å²) in [5.41, 5.74) is 1.22. The molecule has 6 nitrogen and oxygen atoms in total. The summed E-state index contributed by atoms with van der Waals surface area (Å²) in [5, 5.41) is 1.42. The van der Waals surface area contributed by atoms with Crippen LogP contribution in [0.3, 0.4) is 0 Å². The molecular formula is C17H23N3O3S2. The number of thioether (sulfide) groups is 1. The number of aromatic nitrogens is 2. The van der Waals surface area contributed by atoms with Crippen molar-refractivity contribution in [2.75, 3.05) is 33.6 Å². The van der Waals surface area contributed by atoms with E-state index in [0.29, 0.717) is 18.3 Å². The molecule has 0 saturated carbocycles. The molecule has 8 heteroatoms. The summed E-state index contributed by atoms with van der Waals surface area (Å²) in [6.07, 6.45) is 3.87. The number of aryl methyl sites for hydroxylation is 2. The minimum atomic E-state index is 0.0106. The number of carbonyl (C=O) groups is 1. The topological polar surface area (TPSA) is 64.4 Å². The van der Waals surface area contributed by atoms with Crippen LogP contribution in [0.1, 0.15) is 23.3 Å². The lowest BCUT2D eigenvalue weighted by atomic mass is 10.2. The van der Waals surface area contributed by atoms with Crippen LogP contribution in [0.15, 0.2) is 9.95 Å². The number of thiophene rings is 1. The van der Waals surface area contributed by atoms with Crippen LogP contribution >= 0.6 is 23.1 Å². The van der Waals surface area contributed by atoms with Gasteiger partial charge in [-0.15, -0.1) is 11.3 Å². The summed E-state index contributed by atoms with van der Waals surface area (Å²) in [4.78, 5) is 33.5. The molecule has 0 saturated heterocycles. The molecule has 0 atom stereocenters. The molecule has 0 bridgehead atoms. The lowest BCUT2D eigenvalue weighted by Gasteiger charge is -2.13. The van der Waals surface area contributed by atoms with E-state index in [1.807, 2.05) is 0 Å². The van der Waals surface area contributed by atoms with Gasteiger partial charge in [-0.3, -0.25) is 14.2 Å². The van der Waals surface area contributed by atoms with Crippen LogP contribution in [0, 0.1) is 0 Å². The van der Waals surface area contributed by atoms with Gasteiger partial charge in [0, 0.05) is 39.2 Å². The van der Waals surface area contributed by atoms with Gasteiger partial charge in [0.1, 0.15) is 4.83 Å². The molecule has 0 fully saturated rings. The highest BCUT2D eigenvalue weighted by Crippen LogP contribution is 2.35. The number of carbonyl (C=O) groups excluding carboxylic acids is 1. The van der Waals surface area contributed by atoms with Crippen molar-refractivity contribution in [1.82, 2.24) is 14.5 Å². The van der Waals surface area contributed by atoms with Crippen LogP contribution in [0.5, 0.6) is 0 Å². The summed E-state index contributed by atoms with van der Waals surface area (Å²) >= 11 is 2.97. The highest BCUT2D eigenvalue weighted by atomic mass is 32.2. The highest BCUT2D eigenvalue weighted by molar-refractivity contribution is 7.99. The smallest absolute Gasteiger partial charge is 0.263 e. The number of ether oxygens (including phenoxy) is 1. The maximum absolute atomic E-state index is 13.1. The standard InChI is InChI=1S/C17H23N3O3S2/c1-19(2)13(21)10-24-17-18-15-14(11-6-4-7-12(11)25-15)16(22)20(17)8-5-9-23-3/h4-10H2,1-3H3. The van der Waals surface area contributed by atoms with Crippen LogP contribution in [0.4, 0.5) is 0 Å². The Morgan fingerprint density at radius 3 is 2.92 bits per heavy atom. The Hall–Kier alpha value is -1.38. The molecule has 0 spiro atoms. The predicted octanol–water partition coefficient (Wildman–Crippen LogP) is 2.16. The number of amides is 1. The third-order valence-electron chi connectivity index (χ3n) is 4.34. The summed E-state index contributed by atoms with van der Waals surface area (Å²) in [6, 6.07) is 0. The van der Waals surface area contributed by atoms with Crippen molar-refractivity contribution in [3.8, 4) is 0 Å². The van der Waals surface area contributed by atoms with Crippen LogP contribution < -0.4 is 5.56 Å². The molecule has 3 rings (SSSR count). The van der Waals surface area contributed by atoms with E-state index in [1.165, 1.54) is 22.2 Å². The van der Waals surface area contributed by atoms with Crippen molar-refractivity contribution in [2.45, 2.75) is 37.4 Å². The number of rotatable bonds is 7. The molecule has 25 heavy (non-hydrogen) atoms. The minimum absolute atomic E-state index is 0.0106. The van der Waals surface area contributed by atoms with Gasteiger partial charge in [0.25, 0.3) is 5.56 Å². The van der Waals surface area contributed by atoms with E-state index in [1.54, 1.807) is 42.0 Å². The Morgan fingerprint density at radius 1 is 1.40 bits per heavy atom. The zero-order valence-electron chi connectivity index (χ0n) is 14.8. The molecule has 2 aromatic heterocycles. The maximum Gasteiger partial charge on any atom is 0.263 e. The highest BCUT2D eigenvalue weighted by Gasteiger charge is 2.23. The Kier molecular flexibility index (Phi) is 5.81. The third kappa shape index (κ3) is 3.75. The number of fused-ring (bicyclic) bond motifs is 3. The minimum Gasteiger partial charge on any atom is -0.385 e. The zero-order chi connectivity index (χ0) is 18.0. The summed E-state index contributed by atoms with van der Waals surface area (Å²) < 4.78 is 6.84. The average Bonchev–Trinajstić information content (AvgIpc) is 3.15. The Labute approximate surface area is 155 Å². The summed E-state index contributed by atoms with van der Waals surface area (Å²) in [7, 11) is 5.12. The number of hydrogen-bond donors (Lipinski definition) is 0. The number of hydrogen-bond acceptors (Lipinski definition) is 6. The number of methoxy groups -OCH3 is 1. The fourth-order valence-corrected chi connectivity index (χ4v) is 5.29. The molecule has 1 aliphatic carbocycles. The van der Waals surface area contributed by atoms with Crippen LogP contribution in [0.2, 0.25) is 0 Å². The molecule has 0 aliphatic heterocycles. The normalized spacial score (nSPS) is 13.4. The maximum atomic E-state index is 13.1. The quantitative estimate of drug-likeness (QED) is 0.418. The second kappa shape index (κ2) is 7.88. The van der Waals surface area contributed by atoms with Crippen molar-refractivity contribution in [3.63, 3.8) is 0 Å². The fraction of sp³-hybridized carbons (Fsp3) is 0.588. The van der Waals surface area contributed by atoms with Crippen LogP contribution in [-0.4, -0.2) is 53.9 Å². The van der Waals surface area contributed by atoms with Gasteiger partial charge in [-0.05, 0) is 31.2 Å². The SMILES string of the molecule is COCCCn1c(SCC(=O)N(C)C)nc2sc3c(c2c1=O)CCC3. The van der Waals surface area contributed by atoms with Gasteiger partial charge in [0.05, 0.1) is 11.1 Å². The lowest BCUT2D eigenvalue weighted by Crippen LogP contribution is -2.26. The van der Waals surface area contributed by atoms with Gasteiger partial charge >= 0.3 is 0 Å². The van der Waals surface area contributed by atoms with Crippen LogP contribution in [0.25, 0.3) is 10.2 Å². The van der Waals surface area contributed by atoms with E-state index >= 15 is 0 Å². The van der Waals surface area contributed by atoms with Gasteiger partial charge in [0.15, 0.2) is 5.16 Å². The van der Waals surface area contributed by atoms with Gasteiger partial charge in [-0.1, -0.05) is 11.8 Å². The van der Waals surface area contributed by atoms with Gasteiger partial charge < -0.3 is 9.64 Å². The first-order valence-corrected chi connectivity index (χ1v) is 10.2. The number of nitrogens with zero attached hydrogens (tertiary/aromatic N) is 3. The van der Waals surface area contributed by atoms with Gasteiger partial charge in [0.2, 0.25) is 5.91 Å². The molecular weight excluding hydrogens is 358 g/mol. The Bertz CT molecular complexity index is 842. The van der Waals surface area contributed by atoms with E-state index in [4.69, 9.17) is 9.72 Å². The van der Waals surface area contributed by atoms with Crippen LogP contribution in [-0.2, 0) is 28.9 Å². The molecule has 1 aliphatic rings. The van der Waals surface area contributed by atoms with E-state index in [9.17, 15) is 9.59 Å². The van der Waals surface area contributed by atoms with Crippen molar-refractivity contribution < 1.29 is 9.53 Å². The molecule has 0 radical (unpaired) electrons. The van der Waals surface area contributed by atoms with E-state index < -0.39 is 0 Å². The lowest BCUT2D eigenvalue weighted by molar-refractivity contribution is -0.125. The second-order valence-electron chi connectivity index (χ2n) is 6.31.